The number of nitrogens with one attached hydrogen (secondary N) is 1. The first-order chi connectivity index (χ1) is 16.0. The van der Waals surface area contributed by atoms with E-state index in [1.807, 2.05) is 41.3 Å². The number of benzene rings is 2. The van der Waals surface area contributed by atoms with Crippen LogP contribution in [0.2, 0.25) is 5.02 Å². The smallest absolute Gasteiger partial charge is 0.255 e. The number of hydrogen-bond donors (Lipinski definition) is 2. The zero-order chi connectivity index (χ0) is 23.2. The molecule has 4 rings (SSSR count). The van der Waals surface area contributed by atoms with Gasteiger partial charge in [-0.15, -0.1) is 0 Å². The molecule has 1 aliphatic rings. The van der Waals surface area contributed by atoms with Crippen LogP contribution in [-0.2, 0) is 4.79 Å². The van der Waals surface area contributed by atoms with Crippen molar-refractivity contribution in [3.05, 3.63) is 94.8 Å². The van der Waals surface area contributed by atoms with Gasteiger partial charge in [0.2, 0.25) is 5.91 Å². The average Bonchev–Trinajstić information content (AvgIpc) is 2.85. The molecule has 0 spiro atoms. The van der Waals surface area contributed by atoms with Gasteiger partial charge in [-0.1, -0.05) is 35.9 Å². The SMILES string of the molecule is NC(CC(=O)N1CCCCC1c1ccc(Cl)cc1)c1ccc(C(=O)Nc2ccncc2)cc1. The molecule has 2 amide bonds. The first-order valence-corrected chi connectivity index (χ1v) is 11.5. The zero-order valence-electron chi connectivity index (χ0n) is 18.3. The molecule has 1 fully saturated rings. The number of aromatic nitrogens is 1. The van der Waals surface area contributed by atoms with Crippen LogP contribution in [-0.4, -0.2) is 28.2 Å². The van der Waals surface area contributed by atoms with Gasteiger partial charge in [-0.3, -0.25) is 14.6 Å². The van der Waals surface area contributed by atoms with E-state index in [-0.39, 0.29) is 24.3 Å². The first kappa shape index (κ1) is 23.0. The van der Waals surface area contributed by atoms with E-state index in [1.54, 1.807) is 36.7 Å². The number of rotatable bonds is 6. The van der Waals surface area contributed by atoms with Gasteiger partial charge in [0.25, 0.3) is 5.91 Å². The third-order valence-corrected chi connectivity index (χ3v) is 6.26. The lowest BCUT2D eigenvalue weighted by Crippen LogP contribution is -2.39. The molecule has 7 heteroatoms. The van der Waals surface area contributed by atoms with Crippen molar-refractivity contribution in [3.8, 4) is 0 Å². The van der Waals surface area contributed by atoms with E-state index >= 15 is 0 Å². The Morgan fingerprint density at radius 3 is 2.42 bits per heavy atom. The van der Waals surface area contributed by atoms with Crippen molar-refractivity contribution in [1.29, 1.82) is 0 Å². The minimum Gasteiger partial charge on any atom is -0.336 e. The lowest BCUT2D eigenvalue weighted by molar-refractivity contribution is -0.135. The standard InChI is InChI=1S/C26H27ClN4O2/c27-21-10-8-19(9-11-21)24-3-1-2-16-31(24)25(32)17-23(28)18-4-6-20(7-5-18)26(33)30-22-12-14-29-15-13-22/h4-15,23-24H,1-3,16-17,28H2,(H,29,30,33). The second-order valence-corrected chi connectivity index (χ2v) is 8.71. The van der Waals surface area contributed by atoms with Gasteiger partial charge in [0.1, 0.15) is 0 Å². The third kappa shape index (κ3) is 5.78. The van der Waals surface area contributed by atoms with Crippen LogP contribution < -0.4 is 11.1 Å². The molecular formula is C26H27ClN4O2. The van der Waals surface area contributed by atoms with Crippen LogP contribution in [0.4, 0.5) is 5.69 Å². The Kier molecular flexibility index (Phi) is 7.37. The van der Waals surface area contributed by atoms with Crippen LogP contribution in [0, 0.1) is 0 Å². The number of carbonyl (C=O) groups excluding carboxylic acids is 2. The van der Waals surface area contributed by atoms with E-state index in [4.69, 9.17) is 17.3 Å². The third-order valence-electron chi connectivity index (χ3n) is 6.01. The van der Waals surface area contributed by atoms with Crippen molar-refractivity contribution in [3.63, 3.8) is 0 Å². The van der Waals surface area contributed by atoms with E-state index in [2.05, 4.69) is 10.3 Å². The fourth-order valence-corrected chi connectivity index (χ4v) is 4.33. The lowest BCUT2D eigenvalue weighted by atomic mass is 9.94. The van der Waals surface area contributed by atoms with Crippen LogP contribution in [0.15, 0.2) is 73.1 Å². The molecule has 2 heterocycles. The first-order valence-electron chi connectivity index (χ1n) is 11.1. The quantitative estimate of drug-likeness (QED) is 0.531. The molecule has 2 aromatic carbocycles. The Labute approximate surface area is 198 Å². The molecule has 33 heavy (non-hydrogen) atoms. The van der Waals surface area contributed by atoms with Gasteiger partial charge < -0.3 is 16.0 Å². The molecule has 0 aliphatic carbocycles. The number of nitrogens with two attached hydrogens (primary N) is 1. The fraction of sp³-hybridized carbons (Fsp3) is 0.269. The number of anilines is 1. The van der Waals surface area contributed by atoms with E-state index in [1.165, 1.54) is 0 Å². The molecule has 3 N–H and O–H groups in total. The largest absolute Gasteiger partial charge is 0.336 e. The van der Waals surface area contributed by atoms with Crippen LogP contribution in [0.3, 0.4) is 0 Å². The molecule has 0 saturated carbocycles. The second kappa shape index (κ2) is 10.6. The predicted molar refractivity (Wildman–Crippen MR) is 130 cm³/mol. The highest BCUT2D eigenvalue weighted by atomic mass is 35.5. The van der Waals surface area contributed by atoms with Crippen molar-refractivity contribution >= 4 is 29.1 Å². The molecule has 0 bridgehead atoms. The topological polar surface area (TPSA) is 88.3 Å². The van der Waals surface area contributed by atoms with Crippen molar-refractivity contribution in [2.75, 3.05) is 11.9 Å². The van der Waals surface area contributed by atoms with Crippen LogP contribution in [0.1, 0.15) is 59.3 Å². The molecule has 6 nitrogen and oxygen atoms in total. The van der Waals surface area contributed by atoms with Gasteiger partial charge in [0, 0.05) is 47.7 Å². The zero-order valence-corrected chi connectivity index (χ0v) is 19.0. The fourth-order valence-electron chi connectivity index (χ4n) is 4.20. The maximum absolute atomic E-state index is 13.2. The summed E-state index contributed by atoms with van der Waals surface area (Å²) < 4.78 is 0. The number of amides is 2. The highest BCUT2D eigenvalue weighted by Gasteiger charge is 2.29. The second-order valence-electron chi connectivity index (χ2n) is 8.27. The Balaban J connectivity index is 1.39. The van der Waals surface area contributed by atoms with Gasteiger partial charge >= 0.3 is 0 Å². The number of pyridine rings is 1. The van der Waals surface area contributed by atoms with E-state index in [9.17, 15) is 9.59 Å². The number of carbonyl (C=O) groups is 2. The number of nitrogens with zero attached hydrogens (tertiary/aromatic N) is 2. The van der Waals surface area contributed by atoms with Crippen molar-refractivity contribution in [1.82, 2.24) is 9.88 Å². The van der Waals surface area contributed by atoms with Gasteiger partial charge in [0.15, 0.2) is 0 Å². The Morgan fingerprint density at radius 1 is 1.03 bits per heavy atom. The Hall–Kier alpha value is -3.22. The predicted octanol–water partition coefficient (Wildman–Crippen LogP) is 5.13. The van der Waals surface area contributed by atoms with Gasteiger partial charge in [0.05, 0.1) is 6.04 Å². The molecule has 1 aromatic heterocycles. The maximum atomic E-state index is 13.2. The summed E-state index contributed by atoms with van der Waals surface area (Å²) in [5.41, 5.74) is 9.51. The summed E-state index contributed by atoms with van der Waals surface area (Å²) in [4.78, 5) is 31.5. The van der Waals surface area contributed by atoms with Gasteiger partial charge in [-0.25, -0.2) is 0 Å². The minimum atomic E-state index is -0.442. The molecule has 1 aliphatic heterocycles. The van der Waals surface area contributed by atoms with Gasteiger partial charge in [-0.05, 0) is 66.8 Å². The Morgan fingerprint density at radius 2 is 1.73 bits per heavy atom. The van der Waals surface area contributed by atoms with E-state index < -0.39 is 6.04 Å². The van der Waals surface area contributed by atoms with Crippen LogP contribution in [0.5, 0.6) is 0 Å². The maximum Gasteiger partial charge on any atom is 0.255 e. The number of likely N-dealkylation sites (tertiary alicyclic amines) is 1. The summed E-state index contributed by atoms with van der Waals surface area (Å²) in [6.45, 7) is 0.729. The van der Waals surface area contributed by atoms with Crippen molar-refractivity contribution in [2.45, 2.75) is 37.8 Å². The van der Waals surface area contributed by atoms with Crippen LogP contribution in [0.25, 0.3) is 0 Å². The highest BCUT2D eigenvalue weighted by Crippen LogP contribution is 2.33. The van der Waals surface area contributed by atoms with Crippen molar-refractivity contribution < 1.29 is 9.59 Å². The summed E-state index contributed by atoms with van der Waals surface area (Å²) in [5.74, 6) is -0.168. The highest BCUT2D eigenvalue weighted by molar-refractivity contribution is 6.30. The number of hydrogen-bond acceptors (Lipinski definition) is 4. The monoisotopic (exact) mass is 462 g/mol. The van der Waals surface area contributed by atoms with E-state index in [0.717, 1.165) is 36.9 Å². The average molecular weight is 463 g/mol. The number of piperidine rings is 1. The normalized spacial score (nSPS) is 16.8. The number of halogens is 1. The van der Waals surface area contributed by atoms with E-state index in [0.29, 0.717) is 16.3 Å². The summed E-state index contributed by atoms with van der Waals surface area (Å²) in [5, 5.41) is 3.51. The summed E-state index contributed by atoms with van der Waals surface area (Å²) in [6.07, 6.45) is 6.47. The summed E-state index contributed by atoms with van der Waals surface area (Å²) in [7, 11) is 0. The molecule has 1 saturated heterocycles. The molecule has 2 unspecified atom stereocenters. The minimum absolute atomic E-state index is 0.0432. The van der Waals surface area contributed by atoms with Crippen LogP contribution >= 0.6 is 11.6 Å². The lowest BCUT2D eigenvalue weighted by Gasteiger charge is -2.37. The summed E-state index contributed by atoms with van der Waals surface area (Å²) >= 11 is 6.03. The molecule has 3 aromatic rings. The van der Waals surface area contributed by atoms with Crippen molar-refractivity contribution in [2.24, 2.45) is 5.73 Å². The molecule has 0 radical (unpaired) electrons. The summed E-state index contributed by atoms with van der Waals surface area (Å²) in [6, 6.07) is 17.9. The molecular weight excluding hydrogens is 436 g/mol. The molecule has 2 atom stereocenters. The van der Waals surface area contributed by atoms with Gasteiger partial charge in [-0.2, -0.15) is 0 Å². The molecule has 170 valence electrons. The Bertz CT molecular complexity index is 1090.